The fourth-order valence-corrected chi connectivity index (χ4v) is 2.39. The highest BCUT2D eigenvalue weighted by Crippen LogP contribution is 2.24. The second kappa shape index (κ2) is 5.36. The Balaban J connectivity index is 1.81. The summed E-state index contributed by atoms with van der Waals surface area (Å²) in [6.07, 6.45) is 0.142. The Morgan fingerprint density at radius 3 is 2.57 bits per heavy atom. The van der Waals surface area contributed by atoms with Gasteiger partial charge in [-0.25, -0.2) is 9.88 Å². The SMILES string of the molecule is Cc1cccc(NC2CC(=O)N(c3ccccc3)C2=O)n1. The van der Waals surface area contributed by atoms with E-state index in [4.69, 9.17) is 0 Å². The fraction of sp³-hybridized carbons (Fsp3) is 0.188. The first-order valence-corrected chi connectivity index (χ1v) is 6.77. The third kappa shape index (κ3) is 2.63. The van der Waals surface area contributed by atoms with Crippen molar-refractivity contribution in [3.05, 3.63) is 54.2 Å². The molecule has 0 bridgehead atoms. The summed E-state index contributed by atoms with van der Waals surface area (Å²) in [5.74, 6) is 0.168. The highest BCUT2D eigenvalue weighted by molar-refractivity contribution is 6.23. The smallest absolute Gasteiger partial charge is 0.256 e. The van der Waals surface area contributed by atoms with Gasteiger partial charge in [-0.15, -0.1) is 0 Å². The maximum atomic E-state index is 12.4. The lowest BCUT2D eigenvalue weighted by molar-refractivity contribution is -0.121. The number of imide groups is 1. The summed E-state index contributed by atoms with van der Waals surface area (Å²) in [4.78, 5) is 30.0. The molecule has 3 rings (SSSR count). The number of rotatable bonds is 3. The zero-order valence-corrected chi connectivity index (χ0v) is 11.6. The van der Waals surface area contributed by atoms with Gasteiger partial charge in [0.25, 0.3) is 5.91 Å². The van der Waals surface area contributed by atoms with Crippen molar-refractivity contribution in [1.29, 1.82) is 0 Å². The maximum Gasteiger partial charge on any atom is 0.256 e. The monoisotopic (exact) mass is 281 g/mol. The molecule has 0 aliphatic carbocycles. The number of aryl methyl sites for hydroxylation is 1. The molecule has 1 aliphatic rings. The van der Waals surface area contributed by atoms with Gasteiger partial charge in [-0.2, -0.15) is 0 Å². The molecule has 2 heterocycles. The lowest BCUT2D eigenvalue weighted by Gasteiger charge is -2.15. The van der Waals surface area contributed by atoms with E-state index in [1.165, 1.54) is 4.90 Å². The number of amides is 2. The molecule has 106 valence electrons. The summed E-state index contributed by atoms with van der Waals surface area (Å²) >= 11 is 0. The Morgan fingerprint density at radius 2 is 1.86 bits per heavy atom. The summed E-state index contributed by atoms with van der Waals surface area (Å²) in [5.41, 5.74) is 1.46. The minimum Gasteiger partial charge on any atom is -0.358 e. The van der Waals surface area contributed by atoms with Gasteiger partial charge in [0.1, 0.15) is 11.9 Å². The lowest BCUT2D eigenvalue weighted by atomic mass is 10.2. The van der Waals surface area contributed by atoms with Crippen LogP contribution in [-0.2, 0) is 9.59 Å². The molecular weight excluding hydrogens is 266 g/mol. The van der Waals surface area contributed by atoms with Gasteiger partial charge in [0.2, 0.25) is 5.91 Å². The number of anilines is 2. The van der Waals surface area contributed by atoms with Gasteiger partial charge in [0.15, 0.2) is 0 Å². The highest BCUT2D eigenvalue weighted by Gasteiger charge is 2.39. The molecular formula is C16H15N3O2. The van der Waals surface area contributed by atoms with Gasteiger partial charge >= 0.3 is 0 Å². The first kappa shape index (κ1) is 13.3. The minimum atomic E-state index is -0.563. The second-order valence-electron chi connectivity index (χ2n) is 4.97. The number of nitrogens with one attached hydrogen (secondary N) is 1. The largest absolute Gasteiger partial charge is 0.358 e. The van der Waals surface area contributed by atoms with Crippen molar-refractivity contribution in [3.8, 4) is 0 Å². The number of benzene rings is 1. The number of carbonyl (C=O) groups excluding carboxylic acids is 2. The molecule has 1 aromatic heterocycles. The average molecular weight is 281 g/mol. The lowest BCUT2D eigenvalue weighted by Crippen LogP contribution is -2.34. The number of hydrogen-bond acceptors (Lipinski definition) is 4. The quantitative estimate of drug-likeness (QED) is 0.875. The van der Waals surface area contributed by atoms with Crippen LogP contribution < -0.4 is 10.2 Å². The summed E-state index contributed by atoms with van der Waals surface area (Å²) < 4.78 is 0. The molecule has 1 N–H and O–H groups in total. The van der Waals surface area contributed by atoms with E-state index in [0.29, 0.717) is 11.5 Å². The van der Waals surface area contributed by atoms with Crippen LogP contribution in [0.3, 0.4) is 0 Å². The van der Waals surface area contributed by atoms with E-state index < -0.39 is 6.04 Å². The first-order valence-electron chi connectivity index (χ1n) is 6.77. The Morgan fingerprint density at radius 1 is 1.10 bits per heavy atom. The zero-order valence-electron chi connectivity index (χ0n) is 11.6. The van der Waals surface area contributed by atoms with E-state index in [9.17, 15) is 9.59 Å². The average Bonchev–Trinajstić information content (AvgIpc) is 2.74. The third-order valence-corrected chi connectivity index (χ3v) is 3.37. The zero-order chi connectivity index (χ0) is 14.8. The first-order chi connectivity index (χ1) is 10.1. The molecule has 0 saturated carbocycles. The Kier molecular flexibility index (Phi) is 3.39. The van der Waals surface area contributed by atoms with Gasteiger partial charge < -0.3 is 5.32 Å². The van der Waals surface area contributed by atoms with E-state index in [2.05, 4.69) is 10.3 Å². The van der Waals surface area contributed by atoms with Gasteiger partial charge in [0.05, 0.1) is 12.1 Å². The number of pyridine rings is 1. The summed E-state index contributed by atoms with van der Waals surface area (Å²) in [7, 11) is 0. The van der Waals surface area contributed by atoms with Gasteiger partial charge in [0, 0.05) is 5.69 Å². The van der Waals surface area contributed by atoms with E-state index in [1.54, 1.807) is 30.3 Å². The molecule has 21 heavy (non-hydrogen) atoms. The van der Waals surface area contributed by atoms with Crippen molar-refractivity contribution < 1.29 is 9.59 Å². The van der Waals surface area contributed by atoms with Crippen LogP contribution in [0.1, 0.15) is 12.1 Å². The predicted octanol–water partition coefficient (Wildman–Crippen LogP) is 2.13. The molecule has 5 nitrogen and oxygen atoms in total. The predicted molar refractivity (Wildman–Crippen MR) is 79.9 cm³/mol. The molecule has 0 radical (unpaired) electrons. The highest BCUT2D eigenvalue weighted by atomic mass is 16.2. The summed E-state index contributed by atoms with van der Waals surface area (Å²) in [6, 6.07) is 13.9. The van der Waals surface area contributed by atoms with E-state index >= 15 is 0 Å². The molecule has 1 atom stereocenters. The maximum absolute atomic E-state index is 12.4. The molecule has 1 aliphatic heterocycles. The standard InChI is InChI=1S/C16H15N3O2/c1-11-6-5-9-14(17-11)18-13-10-15(20)19(16(13)21)12-7-3-2-4-8-12/h2-9,13H,10H2,1H3,(H,17,18). The number of carbonyl (C=O) groups is 2. The number of nitrogens with zero attached hydrogens (tertiary/aromatic N) is 2. The van der Waals surface area contributed by atoms with Crippen LogP contribution in [0.2, 0.25) is 0 Å². The van der Waals surface area contributed by atoms with Crippen molar-refractivity contribution >= 4 is 23.3 Å². The molecule has 1 fully saturated rings. The third-order valence-electron chi connectivity index (χ3n) is 3.37. The van der Waals surface area contributed by atoms with Crippen molar-refractivity contribution in [3.63, 3.8) is 0 Å². The van der Waals surface area contributed by atoms with E-state index in [-0.39, 0.29) is 18.2 Å². The van der Waals surface area contributed by atoms with Crippen LogP contribution in [0.4, 0.5) is 11.5 Å². The number of para-hydroxylation sites is 1. The number of aromatic nitrogens is 1. The van der Waals surface area contributed by atoms with Crippen LogP contribution >= 0.6 is 0 Å². The fourth-order valence-electron chi connectivity index (χ4n) is 2.39. The van der Waals surface area contributed by atoms with Gasteiger partial charge in [-0.1, -0.05) is 24.3 Å². The molecule has 2 aromatic rings. The summed E-state index contributed by atoms with van der Waals surface area (Å²) in [6.45, 7) is 1.88. The number of hydrogen-bond donors (Lipinski definition) is 1. The Bertz CT molecular complexity index is 685. The van der Waals surface area contributed by atoms with Crippen molar-refractivity contribution in [2.24, 2.45) is 0 Å². The van der Waals surface area contributed by atoms with Crippen LogP contribution in [0.25, 0.3) is 0 Å². The molecule has 2 amide bonds. The molecule has 1 unspecified atom stereocenters. The molecule has 0 spiro atoms. The van der Waals surface area contributed by atoms with Crippen molar-refractivity contribution in [2.75, 3.05) is 10.2 Å². The molecule has 1 aromatic carbocycles. The second-order valence-corrected chi connectivity index (χ2v) is 4.97. The van der Waals surface area contributed by atoms with Gasteiger partial charge in [-0.05, 0) is 31.2 Å². The van der Waals surface area contributed by atoms with E-state index in [0.717, 1.165) is 5.69 Å². The molecule has 1 saturated heterocycles. The van der Waals surface area contributed by atoms with Crippen LogP contribution in [0, 0.1) is 6.92 Å². The van der Waals surface area contributed by atoms with Crippen LogP contribution in [0.5, 0.6) is 0 Å². The van der Waals surface area contributed by atoms with Crippen molar-refractivity contribution in [2.45, 2.75) is 19.4 Å². The Hall–Kier alpha value is -2.69. The van der Waals surface area contributed by atoms with Crippen molar-refractivity contribution in [1.82, 2.24) is 4.98 Å². The molecule has 5 heteroatoms. The van der Waals surface area contributed by atoms with Crippen LogP contribution in [-0.4, -0.2) is 22.8 Å². The van der Waals surface area contributed by atoms with Crippen LogP contribution in [0.15, 0.2) is 48.5 Å². The topological polar surface area (TPSA) is 62.3 Å². The van der Waals surface area contributed by atoms with Gasteiger partial charge in [-0.3, -0.25) is 9.59 Å². The Labute approximate surface area is 122 Å². The minimum absolute atomic E-state index is 0.142. The summed E-state index contributed by atoms with van der Waals surface area (Å²) in [5, 5.41) is 3.04. The van der Waals surface area contributed by atoms with E-state index in [1.807, 2.05) is 25.1 Å². The normalized spacial score (nSPS) is 18.1.